The van der Waals surface area contributed by atoms with Crippen molar-refractivity contribution in [3.63, 3.8) is 0 Å². The van der Waals surface area contributed by atoms with E-state index in [-0.39, 0.29) is 0 Å². The van der Waals surface area contributed by atoms with Crippen LogP contribution < -0.4 is 5.32 Å². The molecule has 0 atom stereocenters. The zero-order chi connectivity index (χ0) is 9.36. The predicted octanol–water partition coefficient (Wildman–Crippen LogP) is 1.63. The van der Waals surface area contributed by atoms with Crippen LogP contribution in [0.25, 0.3) is 0 Å². The zero-order valence-corrected chi connectivity index (χ0v) is 7.83. The maximum absolute atomic E-state index is 5.43. The third kappa shape index (κ3) is 4.65. The number of nitrogens with one attached hydrogen (secondary N) is 1. The van der Waals surface area contributed by atoms with E-state index in [4.69, 9.17) is 4.74 Å². The summed E-state index contributed by atoms with van der Waals surface area (Å²) >= 11 is 0. The minimum Gasteiger partial charge on any atom is -0.375 e. The van der Waals surface area contributed by atoms with Crippen molar-refractivity contribution in [3.05, 3.63) is 42.8 Å². The van der Waals surface area contributed by atoms with E-state index in [2.05, 4.69) is 24.4 Å². The minimum atomic E-state index is 0.694. The first-order chi connectivity index (χ1) is 6.43. The fourth-order valence-corrected chi connectivity index (χ4v) is 1.03. The Morgan fingerprint density at radius 1 is 1.23 bits per heavy atom. The maximum Gasteiger partial charge on any atom is 0.0717 e. The van der Waals surface area contributed by atoms with Gasteiger partial charge in [-0.05, 0) is 19.0 Å². The Bertz CT molecular complexity index is 211. The average molecular weight is 178 g/mol. The number of hydrogen-bond donors (Lipinski definition) is 1. The molecular formula is C11H16NO. The molecule has 1 aromatic carbocycles. The summed E-state index contributed by atoms with van der Waals surface area (Å²) in [6.07, 6.45) is 0. The van der Waals surface area contributed by atoms with E-state index in [1.807, 2.05) is 18.2 Å². The topological polar surface area (TPSA) is 21.3 Å². The normalized spacial score (nSPS) is 10.2. The Morgan fingerprint density at radius 3 is 2.69 bits per heavy atom. The molecule has 0 saturated carbocycles. The lowest BCUT2D eigenvalue weighted by molar-refractivity contribution is 0.123. The molecule has 0 fully saturated rings. The van der Waals surface area contributed by atoms with E-state index in [1.165, 1.54) is 5.56 Å². The van der Waals surface area contributed by atoms with Gasteiger partial charge >= 0.3 is 0 Å². The van der Waals surface area contributed by atoms with E-state index in [0.717, 1.165) is 19.7 Å². The lowest BCUT2D eigenvalue weighted by Crippen LogP contribution is -2.18. The molecule has 0 bridgehead atoms. The second-order valence-corrected chi connectivity index (χ2v) is 2.79. The lowest BCUT2D eigenvalue weighted by Gasteiger charge is -2.04. The van der Waals surface area contributed by atoms with Crippen LogP contribution in [-0.2, 0) is 11.3 Å². The fraction of sp³-hybridized carbons (Fsp3) is 0.364. The van der Waals surface area contributed by atoms with Crippen molar-refractivity contribution in [2.75, 3.05) is 19.7 Å². The molecular weight excluding hydrogens is 162 g/mol. The van der Waals surface area contributed by atoms with Gasteiger partial charge in [0.25, 0.3) is 0 Å². The van der Waals surface area contributed by atoms with Crippen LogP contribution in [0.1, 0.15) is 5.56 Å². The molecule has 0 aliphatic carbocycles. The van der Waals surface area contributed by atoms with Crippen LogP contribution in [0.2, 0.25) is 0 Å². The molecule has 0 saturated heterocycles. The maximum atomic E-state index is 5.43. The molecule has 1 radical (unpaired) electrons. The van der Waals surface area contributed by atoms with Crippen LogP contribution in [0.3, 0.4) is 0 Å². The quantitative estimate of drug-likeness (QED) is 0.668. The number of ether oxygens (including phenoxy) is 1. The molecule has 0 aromatic heterocycles. The summed E-state index contributed by atoms with van der Waals surface area (Å²) in [5.74, 6) is 0. The summed E-state index contributed by atoms with van der Waals surface area (Å²) in [5.41, 5.74) is 1.22. The SMILES string of the molecule is [CH2]CNCCOCc1ccccc1. The van der Waals surface area contributed by atoms with Gasteiger partial charge in [0.05, 0.1) is 13.2 Å². The van der Waals surface area contributed by atoms with Gasteiger partial charge in [0.15, 0.2) is 0 Å². The Labute approximate surface area is 79.9 Å². The monoisotopic (exact) mass is 178 g/mol. The molecule has 71 valence electrons. The van der Waals surface area contributed by atoms with E-state index in [9.17, 15) is 0 Å². The van der Waals surface area contributed by atoms with Gasteiger partial charge in [0.1, 0.15) is 0 Å². The molecule has 0 amide bonds. The van der Waals surface area contributed by atoms with Gasteiger partial charge in [-0.1, -0.05) is 30.3 Å². The first kappa shape index (κ1) is 10.2. The Balaban J connectivity index is 2.07. The number of rotatable bonds is 6. The molecule has 0 unspecified atom stereocenters. The van der Waals surface area contributed by atoms with Crippen molar-refractivity contribution in [2.45, 2.75) is 6.61 Å². The zero-order valence-electron chi connectivity index (χ0n) is 7.83. The molecule has 2 nitrogen and oxygen atoms in total. The highest BCUT2D eigenvalue weighted by Crippen LogP contribution is 1.99. The highest BCUT2D eigenvalue weighted by molar-refractivity contribution is 5.13. The Kier molecular flexibility index (Phi) is 5.22. The molecule has 1 rings (SSSR count). The molecule has 1 aromatic rings. The summed E-state index contributed by atoms with van der Waals surface area (Å²) in [6, 6.07) is 10.2. The summed E-state index contributed by atoms with van der Waals surface area (Å²) in [7, 11) is 0. The second-order valence-electron chi connectivity index (χ2n) is 2.79. The second kappa shape index (κ2) is 6.63. The van der Waals surface area contributed by atoms with Gasteiger partial charge < -0.3 is 10.1 Å². The third-order valence-electron chi connectivity index (χ3n) is 1.71. The molecule has 1 N–H and O–H groups in total. The standard InChI is InChI=1S/C11H16NO/c1-2-12-8-9-13-10-11-6-4-3-5-7-11/h3-7,12H,1-2,8-10H2. The van der Waals surface area contributed by atoms with Crippen molar-refractivity contribution in [1.29, 1.82) is 0 Å². The smallest absolute Gasteiger partial charge is 0.0717 e. The highest BCUT2D eigenvalue weighted by atomic mass is 16.5. The third-order valence-corrected chi connectivity index (χ3v) is 1.71. The molecule has 2 heteroatoms. The van der Waals surface area contributed by atoms with Crippen molar-refractivity contribution in [3.8, 4) is 0 Å². The van der Waals surface area contributed by atoms with Gasteiger partial charge in [0.2, 0.25) is 0 Å². The van der Waals surface area contributed by atoms with Crippen LogP contribution in [0.4, 0.5) is 0 Å². The van der Waals surface area contributed by atoms with Gasteiger partial charge in [0, 0.05) is 6.54 Å². The van der Waals surface area contributed by atoms with Crippen LogP contribution in [0.5, 0.6) is 0 Å². The minimum absolute atomic E-state index is 0.694. The summed E-state index contributed by atoms with van der Waals surface area (Å²) < 4.78 is 5.43. The van der Waals surface area contributed by atoms with Crippen LogP contribution in [0, 0.1) is 6.92 Å². The summed E-state index contributed by atoms with van der Waals surface area (Å²) in [4.78, 5) is 0. The Hall–Kier alpha value is -0.860. The van der Waals surface area contributed by atoms with Crippen LogP contribution in [0.15, 0.2) is 30.3 Å². The lowest BCUT2D eigenvalue weighted by atomic mass is 10.2. The van der Waals surface area contributed by atoms with E-state index in [0.29, 0.717) is 6.61 Å². The van der Waals surface area contributed by atoms with Gasteiger partial charge in [-0.2, -0.15) is 0 Å². The predicted molar refractivity (Wildman–Crippen MR) is 54.3 cm³/mol. The van der Waals surface area contributed by atoms with Crippen LogP contribution >= 0.6 is 0 Å². The van der Waals surface area contributed by atoms with E-state index < -0.39 is 0 Å². The fourth-order valence-electron chi connectivity index (χ4n) is 1.03. The molecule has 0 spiro atoms. The van der Waals surface area contributed by atoms with E-state index in [1.54, 1.807) is 0 Å². The van der Waals surface area contributed by atoms with Crippen molar-refractivity contribution in [2.24, 2.45) is 0 Å². The number of benzene rings is 1. The van der Waals surface area contributed by atoms with Gasteiger partial charge in [-0.3, -0.25) is 0 Å². The molecule has 0 aliphatic rings. The van der Waals surface area contributed by atoms with Crippen molar-refractivity contribution >= 4 is 0 Å². The first-order valence-corrected chi connectivity index (χ1v) is 4.55. The van der Waals surface area contributed by atoms with E-state index >= 15 is 0 Å². The summed E-state index contributed by atoms with van der Waals surface area (Å²) in [6.45, 7) is 6.74. The van der Waals surface area contributed by atoms with Gasteiger partial charge in [-0.15, -0.1) is 0 Å². The number of hydrogen-bond acceptors (Lipinski definition) is 2. The first-order valence-electron chi connectivity index (χ1n) is 4.55. The summed E-state index contributed by atoms with van der Waals surface area (Å²) in [5, 5.41) is 3.10. The molecule has 0 heterocycles. The highest BCUT2D eigenvalue weighted by Gasteiger charge is 1.90. The largest absolute Gasteiger partial charge is 0.375 e. The van der Waals surface area contributed by atoms with Gasteiger partial charge in [-0.25, -0.2) is 0 Å². The van der Waals surface area contributed by atoms with Crippen LogP contribution in [-0.4, -0.2) is 19.7 Å². The molecule has 0 aliphatic heterocycles. The molecule has 13 heavy (non-hydrogen) atoms. The van der Waals surface area contributed by atoms with Crippen molar-refractivity contribution in [1.82, 2.24) is 5.32 Å². The van der Waals surface area contributed by atoms with Crippen molar-refractivity contribution < 1.29 is 4.74 Å². The average Bonchev–Trinajstić information content (AvgIpc) is 2.19. The Morgan fingerprint density at radius 2 is 2.00 bits per heavy atom.